The zero-order chi connectivity index (χ0) is 27.8. The number of hydrogen-bond donors (Lipinski definition) is 0. The highest BCUT2D eigenvalue weighted by atomic mass is 16.5. The summed E-state index contributed by atoms with van der Waals surface area (Å²) >= 11 is 0. The molecule has 3 heterocycles. The number of benzene rings is 5. The molecule has 2 unspecified atom stereocenters. The maximum atomic E-state index is 6.55. The van der Waals surface area contributed by atoms with Crippen LogP contribution in [0.4, 0.5) is 0 Å². The van der Waals surface area contributed by atoms with E-state index in [0.29, 0.717) is 0 Å². The van der Waals surface area contributed by atoms with Gasteiger partial charge in [-0.15, -0.1) is 0 Å². The third kappa shape index (κ3) is 3.65. The van der Waals surface area contributed by atoms with E-state index in [1.54, 1.807) is 0 Å². The number of fused-ring (bicyclic) bond motifs is 6. The van der Waals surface area contributed by atoms with Crippen LogP contribution in [0.3, 0.4) is 0 Å². The Bertz CT molecular complexity index is 2130. The lowest BCUT2D eigenvalue weighted by atomic mass is 9.84. The maximum absolute atomic E-state index is 6.55. The average molecular weight is 534 g/mol. The van der Waals surface area contributed by atoms with E-state index in [2.05, 4.69) is 135 Å². The van der Waals surface area contributed by atoms with Crippen molar-refractivity contribution in [2.45, 2.75) is 39.7 Å². The van der Waals surface area contributed by atoms with Crippen LogP contribution in [0.5, 0.6) is 5.75 Å². The monoisotopic (exact) mass is 533 g/mol. The van der Waals surface area contributed by atoms with E-state index < -0.39 is 0 Å². The minimum absolute atomic E-state index is 0.0874. The van der Waals surface area contributed by atoms with Gasteiger partial charge in [0.25, 0.3) is 0 Å². The third-order valence-electron chi connectivity index (χ3n) is 8.77. The van der Waals surface area contributed by atoms with Crippen molar-refractivity contribution >= 4 is 33.0 Å². The zero-order valence-electron chi connectivity index (χ0n) is 23.7. The van der Waals surface area contributed by atoms with Gasteiger partial charge < -0.3 is 9.15 Å². The van der Waals surface area contributed by atoms with E-state index in [1.807, 2.05) is 0 Å². The summed E-state index contributed by atoms with van der Waals surface area (Å²) in [5.41, 5.74) is 12.8. The van der Waals surface area contributed by atoms with Crippen LogP contribution in [0, 0.1) is 20.8 Å². The van der Waals surface area contributed by atoms with Gasteiger partial charge in [0.1, 0.15) is 17.4 Å². The summed E-state index contributed by atoms with van der Waals surface area (Å²) in [4.78, 5) is 0. The molecule has 0 saturated heterocycles. The number of furan rings is 1. The summed E-state index contributed by atoms with van der Waals surface area (Å²) in [5.74, 6) is 1.20. The van der Waals surface area contributed by atoms with Crippen LogP contribution in [0.25, 0.3) is 49.8 Å². The minimum Gasteiger partial charge on any atom is -0.489 e. The lowest BCUT2D eigenvalue weighted by Crippen LogP contribution is -2.16. The third-order valence-corrected chi connectivity index (χ3v) is 8.77. The Morgan fingerprint density at radius 1 is 0.659 bits per heavy atom. The smallest absolute Gasteiger partial charge is 0.213 e. The van der Waals surface area contributed by atoms with Gasteiger partial charge in [0.2, 0.25) is 5.71 Å². The summed E-state index contributed by atoms with van der Waals surface area (Å²) in [6, 6.07) is 37.2. The Morgan fingerprint density at radius 2 is 1.41 bits per heavy atom. The molecule has 2 atom stereocenters. The van der Waals surface area contributed by atoms with Crippen molar-refractivity contribution in [1.29, 1.82) is 0 Å². The number of aromatic nitrogens is 1. The van der Waals surface area contributed by atoms with Crippen molar-refractivity contribution in [1.82, 2.24) is 4.57 Å². The Morgan fingerprint density at radius 3 is 2.24 bits per heavy atom. The molecule has 0 radical (unpaired) electrons. The van der Waals surface area contributed by atoms with Crippen molar-refractivity contribution in [3.05, 3.63) is 131 Å². The molecule has 5 aromatic carbocycles. The molecule has 0 bridgehead atoms. The lowest BCUT2D eigenvalue weighted by molar-refractivity contribution is 0.238. The largest absolute Gasteiger partial charge is 0.489 e. The topological polar surface area (TPSA) is 27.3 Å². The van der Waals surface area contributed by atoms with Crippen molar-refractivity contribution in [2.75, 3.05) is 0 Å². The molecule has 1 aliphatic rings. The Kier molecular flexibility index (Phi) is 5.21. The predicted octanol–water partition coefficient (Wildman–Crippen LogP) is 10.0. The number of hydrogen-bond acceptors (Lipinski definition) is 2. The first-order valence-corrected chi connectivity index (χ1v) is 14.4. The fraction of sp³-hybridized carbons (Fsp3) is 0.158. The van der Waals surface area contributed by atoms with Gasteiger partial charge in [0, 0.05) is 27.9 Å². The summed E-state index contributed by atoms with van der Waals surface area (Å²) in [7, 11) is 0. The molecule has 0 aliphatic carbocycles. The molecule has 200 valence electrons. The molecule has 0 amide bonds. The fourth-order valence-electron chi connectivity index (χ4n) is 6.86. The molecule has 8 rings (SSSR count). The van der Waals surface area contributed by atoms with Gasteiger partial charge in [-0.1, -0.05) is 66.2 Å². The van der Waals surface area contributed by atoms with E-state index in [4.69, 9.17) is 9.15 Å². The predicted molar refractivity (Wildman–Crippen MR) is 169 cm³/mol. The first kappa shape index (κ1) is 24.1. The van der Waals surface area contributed by atoms with Gasteiger partial charge >= 0.3 is 0 Å². The Hall–Kier alpha value is -4.76. The SMILES string of the molecule is Cc1ccc(C2c3cc(-c4ccc5c(c4)c4c6ccc(C)cc6oc4n5-c4ccccc4)ccc3OC2C)c(C)c1. The molecular formula is C38H31NO2. The van der Waals surface area contributed by atoms with Crippen LogP contribution in [0.15, 0.2) is 108 Å². The molecule has 3 heteroatoms. The van der Waals surface area contributed by atoms with Crippen LogP contribution in [0.2, 0.25) is 0 Å². The molecule has 0 saturated carbocycles. The van der Waals surface area contributed by atoms with Crippen molar-refractivity contribution < 1.29 is 9.15 Å². The van der Waals surface area contributed by atoms with Crippen molar-refractivity contribution in [3.8, 4) is 22.6 Å². The maximum Gasteiger partial charge on any atom is 0.213 e. The summed E-state index contributed by atoms with van der Waals surface area (Å²) in [6.45, 7) is 8.66. The molecule has 0 spiro atoms. The second kappa shape index (κ2) is 8.87. The van der Waals surface area contributed by atoms with E-state index in [1.165, 1.54) is 44.3 Å². The number of aryl methyl sites for hydroxylation is 3. The second-order valence-electron chi connectivity index (χ2n) is 11.6. The molecule has 0 N–H and O–H groups in total. The van der Waals surface area contributed by atoms with Gasteiger partial charge in [-0.2, -0.15) is 0 Å². The number of rotatable bonds is 3. The van der Waals surface area contributed by atoms with Gasteiger partial charge in [-0.3, -0.25) is 4.57 Å². The van der Waals surface area contributed by atoms with Gasteiger partial charge in [0.05, 0.1) is 10.9 Å². The van der Waals surface area contributed by atoms with E-state index in [9.17, 15) is 0 Å². The van der Waals surface area contributed by atoms with E-state index in [-0.39, 0.29) is 12.0 Å². The van der Waals surface area contributed by atoms with Crippen LogP contribution in [-0.2, 0) is 0 Å². The first-order chi connectivity index (χ1) is 20.0. The molecule has 2 aromatic heterocycles. The zero-order valence-corrected chi connectivity index (χ0v) is 23.7. The number of ether oxygens (including phenoxy) is 1. The Labute approximate surface area is 239 Å². The first-order valence-electron chi connectivity index (χ1n) is 14.4. The van der Waals surface area contributed by atoms with E-state index >= 15 is 0 Å². The standard InChI is InChI=1S/C38H31NO2/c1-22-10-14-29(24(3)18-22)36-25(4)40-34-17-13-27(21-32(34)36)26-12-16-33-31(20-26)37-30-15-11-23(2)19-35(30)41-38(37)39(33)28-8-6-5-7-9-28/h5-21,25,36H,1-4H3. The van der Waals surface area contributed by atoms with Crippen LogP contribution >= 0.6 is 0 Å². The minimum atomic E-state index is 0.0874. The molecular weight excluding hydrogens is 502 g/mol. The lowest BCUT2D eigenvalue weighted by Gasteiger charge is -2.18. The highest BCUT2D eigenvalue weighted by Gasteiger charge is 2.33. The number of para-hydroxylation sites is 1. The molecule has 1 aliphatic heterocycles. The van der Waals surface area contributed by atoms with Crippen LogP contribution in [0.1, 0.15) is 40.7 Å². The highest BCUT2D eigenvalue weighted by Crippen LogP contribution is 2.46. The molecule has 7 aromatic rings. The highest BCUT2D eigenvalue weighted by molar-refractivity contribution is 6.20. The van der Waals surface area contributed by atoms with Crippen molar-refractivity contribution in [2.24, 2.45) is 0 Å². The average Bonchev–Trinajstić information content (AvgIpc) is 3.60. The Balaban J connectivity index is 1.33. The van der Waals surface area contributed by atoms with Crippen molar-refractivity contribution in [3.63, 3.8) is 0 Å². The fourth-order valence-corrected chi connectivity index (χ4v) is 6.86. The molecule has 3 nitrogen and oxygen atoms in total. The quantitative estimate of drug-likeness (QED) is 0.226. The summed E-state index contributed by atoms with van der Waals surface area (Å²) < 4.78 is 15.2. The van der Waals surface area contributed by atoms with Gasteiger partial charge in [-0.25, -0.2) is 0 Å². The van der Waals surface area contributed by atoms with Crippen LogP contribution in [-0.4, -0.2) is 10.7 Å². The summed E-state index contributed by atoms with van der Waals surface area (Å²) in [6.07, 6.45) is 0.0874. The van der Waals surface area contributed by atoms with Gasteiger partial charge in [0.15, 0.2) is 0 Å². The summed E-state index contributed by atoms with van der Waals surface area (Å²) in [5, 5.41) is 3.50. The van der Waals surface area contributed by atoms with E-state index in [0.717, 1.165) is 39.0 Å². The van der Waals surface area contributed by atoms with Gasteiger partial charge in [-0.05, 0) is 98.0 Å². The number of nitrogens with zero attached hydrogens (tertiary/aromatic N) is 1. The molecule has 0 fully saturated rings. The normalized spacial score (nSPS) is 16.5. The second-order valence-corrected chi connectivity index (χ2v) is 11.6. The molecule has 41 heavy (non-hydrogen) atoms. The van der Waals surface area contributed by atoms with Crippen LogP contribution < -0.4 is 4.74 Å².